The van der Waals surface area contributed by atoms with E-state index in [4.69, 9.17) is 37.4 Å². The molecule has 0 amide bonds. The van der Waals surface area contributed by atoms with Gasteiger partial charge in [-0.25, -0.2) is 14.2 Å². The van der Waals surface area contributed by atoms with Gasteiger partial charge in [0.05, 0.1) is 11.6 Å². The smallest absolute Gasteiger partial charge is 0.444 e. The van der Waals surface area contributed by atoms with Crippen LogP contribution in [0.1, 0.15) is 13.8 Å². The fraction of sp³-hybridized carbons (Fsp3) is 0.333. The van der Waals surface area contributed by atoms with Crippen molar-refractivity contribution in [3.05, 3.63) is 41.6 Å². The molecule has 0 fully saturated rings. The van der Waals surface area contributed by atoms with E-state index >= 15 is 0 Å². The summed E-state index contributed by atoms with van der Waals surface area (Å²) in [5, 5.41) is -0.0372. The van der Waals surface area contributed by atoms with Gasteiger partial charge in [0.15, 0.2) is 11.9 Å². The maximum atomic E-state index is 13.5. The zero-order valence-electron chi connectivity index (χ0n) is 15.2. The minimum atomic E-state index is -4.33. The molecule has 0 saturated heterocycles. The van der Waals surface area contributed by atoms with Crippen molar-refractivity contribution in [3.63, 3.8) is 0 Å². The molecule has 29 heavy (non-hydrogen) atoms. The van der Waals surface area contributed by atoms with Crippen molar-refractivity contribution in [1.82, 2.24) is 4.98 Å². The monoisotopic (exact) mass is 453 g/mol. The zero-order chi connectivity index (χ0) is 21.6. The van der Waals surface area contributed by atoms with Crippen molar-refractivity contribution >= 4 is 29.2 Å². The molecule has 0 N–H and O–H groups in total. The SMILES string of the molecule is CCOC(=O)C(C)Oc1ccc(Oc2ncc(Cl)cc2OC(F)(F)C(F)Cl)cc1. The van der Waals surface area contributed by atoms with Gasteiger partial charge >= 0.3 is 12.1 Å². The quantitative estimate of drug-likeness (QED) is 0.375. The number of halogens is 5. The van der Waals surface area contributed by atoms with Crippen LogP contribution in [0.25, 0.3) is 0 Å². The Bertz CT molecular complexity index is 837. The Kier molecular flexibility index (Phi) is 7.80. The average Bonchev–Trinajstić information content (AvgIpc) is 2.65. The number of benzene rings is 1. The topological polar surface area (TPSA) is 66.9 Å². The van der Waals surface area contributed by atoms with Gasteiger partial charge in [-0.2, -0.15) is 8.78 Å². The second kappa shape index (κ2) is 9.89. The summed E-state index contributed by atoms with van der Waals surface area (Å²) < 4.78 is 59.7. The number of carbonyl (C=O) groups is 1. The summed E-state index contributed by atoms with van der Waals surface area (Å²) in [6.07, 6.45) is -4.02. The predicted octanol–water partition coefficient (Wildman–Crippen LogP) is 5.36. The van der Waals surface area contributed by atoms with Gasteiger partial charge in [0, 0.05) is 12.3 Å². The molecule has 0 saturated carbocycles. The van der Waals surface area contributed by atoms with Crippen molar-refractivity contribution in [2.24, 2.45) is 0 Å². The summed E-state index contributed by atoms with van der Waals surface area (Å²) in [5.74, 6) is -1.01. The fourth-order valence-corrected chi connectivity index (χ4v) is 2.15. The Hall–Kier alpha value is -2.39. The van der Waals surface area contributed by atoms with Gasteiger partial charge in [-0.1, -0.05) is 23.2 Å². The van der Waals surface area contributed by atoms with E-state index in [1.165, 1.54) is 31.2 Å². The van der Waals surface area contributed by atoms with Crippen LogP contribution in [0.4, 0.5) is 13.2 Å². The van der Waals surface area contributed by atoms with Gasteiger partial charge < -0.3 is 18.9 Å². The molecule has 1 aromatic carbocycles. The number of ether oxygens (including phenoxy) is 4. The molecule has 0 aliphatic rings. The average molecular weight is 454 g/mol. The van der Waals surface area contributed by atoms with Crippen molar-refractivity contribution in [2.45, 2.75) is 31.7 Å². The van der Waals surface area contributed by atoms with Gasteiger partial charge in [0.1, 0.15) is 11.5 Å². The van der Waals surface area contributed by atoms with Crippen molar-refractivity contribution in [2.75, 3.05) is 6.61 Å². The number of aromatic nitrogens is 1. The van der Waals surface area contributed by atoms with E-state index in [1.54, 1.807) is 6.92 Å². The van der Waals surface area contributed by atoms with Gasteiger partial charge in [-0.15, -0.1) is 0 Å². The molecule has 0 aliphatic heterocycles. The first kappa shape index (κ1) is 22.9. The molecular formula is C18H16Cl2F3NO5. The van der Waals surface area contributed by atoms with E-state index < -0.39 is 29.6 Å². The number of carbonyl (C=O) groups excluding carboxylic acids is 1. The molecule has 11 heteroatoms. The molecule has 158 valence electrons. The van der Waals surface area contributed by atoms with Gasteiger partial charge in [-0.3, -0.25) is 0 Å². The molecular weight excluding hydrogens is 438 g/mol. The molecule has 1 aromatic heterocycles. The first-order chi connectivity index (χ1) is 13.6. The summed E-state index contributed by atoms with van der Waals surface area (Å²) in [4.78, 5) is 15.3. The van der Waals surface area contributed by atoms with E-state index in [9.17, 15) is 18.0 Å². The minimum absolute atomic E-state index is 0.0372. The Morgan fingerprint density at radius 2 is 1.86 bits per heavy atom. The molecule has 0 bridgehead atoms. The lowest BCUT2D eigenvalue weighted by atomic mass is 10.3. The van der Waals surface area contributed by atoms with E-state index in [2.05, 4.69) is 9.72 Å². The van der Waals surface area contributed by atoms with Crippen LogP contribution in [0.3, 0.4) is 0 Å². The second-order valence-electron chi connectivity index (χ2n) is 5.51. The molecule has 2 unspecified atom stereocenters. The van der Waals surface area contributed by atoms with Crippen LogP contribution in [-0.2, 0) is 9.53 Å². The van der Waals surface area contributed by atoms with Crippen LogP contribution in [0.5, 0.6) is 23.1 Å². The maximum absolute atomic E-state index is 13.5. The highest BCUT2D eigenvalue weighted by Crippen LogP contribution is 2.37. The largest absolute Gasteiger partial charge is 0.479 e. The van der Waals surface area contributed by atoms with E-state index in [1.807, 2.05) is 0 Å². The standard InChI is InChI=1S/C18H16Cl2F3NO5/c1-3-26-16(25)10(2)27-12-4-6-13(7-5-12)28-15-14(8-11(19)9-24-15)29-18(22,23)17(20)21/h4-10,17H,3H2,1-2H3. The molecule has 0 aliphatic carbocycles. The number of esters is 1. The molecule has 1 heterocycles. The molecule has 0 radical (unpaired) electrons. The fourth-order valence-electron chi connectivity index (χ4n) is 1.96. The number of hydrogen-bond acceptors (Lipinski definition) is 6. The van der Waals surface area contributed by atoms with E-state index in [-0.39, 0.29) is 23.3 Å². The first-order valence-corrected chi connectivity index (χ1v) is 9.05. The van der Waals surface area contributed by atoms with Crippen LogP contribution in [0, 0.1) is 0 Å². The molecule has 2 atom stereocenters. The van der Waals surface area contributed by atoms with Crippen LogP contribution < -0.4 is 14.2 Å². The Labute approximate surface area is 174 Å². The van der Waals surface area contributed by atoms with Crippen LogP contribution in [0.2, 0.25) is 5.02 Å². The summed E-state index contributed by atoms with van der Waals surface area (Å²) >= 11 is 10.5. The third-order valence-electron chi connectivity index (χ3n) is 3.25. The zero-order valence-corrected chi connectivity index (χ0v) is 16.7. The molecule has 2 rings (SSSR count). The first-order valence-electron chi connectivity index (χ1n) is 8.24. The lowest BCUT2D eigenvalue weighted by Gasteiger charge is -2.19. The van der Waals surface area contributed by atoms with Crippen LogP contribution >= 0.6 is 23.2 Å². The maximum Gasteiger partial charge on any atom is 0.444 e. The van der Waals surface area contributed by atoms with Gasteiger partial charge in [0.25, 0.3) is 11.5 Å². The number of pyridine rings is 1. The number of rotatable bonds is 9. The summed E-state index contributed by atoms with van der Waals surface area (Å²) in [6.45, 7) is 3.43. The van der Waals surface area contributed by atoms with Crippen LogP contribution in [-0.4, -0.2) is 35.4 Å². The minimum Gasteiger partial charge on any atom is -0.479 e. The van der Waals surface area contributed by atoms with E-state index in [0.717, 1.165) is 12.3 Å². The third kappa shape index (κ3) is 6.57. The Morgan fingerprint density at radius 3 is 2.45 bits per heavy atom. The van der Waals surface area contributed by atoms with Crippen molar-refractivity contribution in [3.8, 4) is 23.1 Å². The second-order valence-corrected chi connectivity index (χ2v) is 6.33. The lowest BCUT2D eigenvalue weighted by Crippen LogP contribution is -2.33. The highest BCUT2D eigenvalue weighted by atomic mass is 35.5. The number of hydrogen-bond donors (Lipinski definition) is 0. The van der Waals surface area contributed by atoms with Gasteiger partial charge in [0.2, 0.25) is 0 Å². The third-order valence-corrected chi connectivity index (χ3v) is 3.72. The van der Waals surface area contributed by atoms with Crippen molar-refractivity contribution < 1.29 is 36.9 Å². The molecule has 0 spiro atoms. The highest BCUT2D eigenvalue weighted by molar-refractivity contribution is 6.30. The molecule has 2 aromatic rings. The normalized spacial score (nSPS) is 13.3. The van der Waals surface area contributed by atoms with Gasteiger partial charge in [-0.05, 0) is 38.1 Å². The lowest BCUT2D eigenvalue weighted by molar-refractivity contribution is -0.199. The number of alkyl halides is 4. The predicted molar refractivity (Wildman–Crippen MR) is 98.8 cm³/mol. The van der Waals surface area contributed by atoms with Crippen LogP contribution in [0.15, 0.2) is 36.5 Å². The molecule has 6 nitrogen and oxygen atoms in total. The van der Waals surface area contributed by atoms with Crippen molar-refractivity contribution in [1.29, 1.82) is 0 Å². The Morgan fingerprint density at radius 1 is 1.24 bits per heavy atom. The number of nitrogens with zero attached hydrogens (tertiary/aromatic N) is 1. The summed E-state index contributed by atoms with van der Waals surface area (Å²) in [7, 11) is 0. The summed E-state index contributed by atoms with van der Waals surface area (Å²) in [6, 6.07) is 6.81. The summed E-state index contributed by atoms with van der Waals surface area (Å²) in [5.41, 5.74) is -3.09. The Balaban J connectivity index is 2.13. The highest BCUT2D eigenvalue weighted by Gasteiger charge is 2.43. The van der Waals surface area contributed by atoms with E-state index in [0.29, 0.717) is 5.75 Å².